The number of ether oxygens (including phenoxy) is 2. The molecule has 0 heterocycles. The van der Waals surface area contributed by atoms with Crippen molar-refractivity contribution in [2.45, 2.75) is 84.0 Å². The lowest BCUT2D eigenvalue weighted by atomic mass is 10.1. The van der Waals surface area contributed by atoms with Gasteiger partial charge in [0.25, 0.3) is 0 Å². The van der Waals surface area contributed by atoms with Crippen LogP contribution in [0.5, 0.6) is 5.75 Å². The predicted molar refractivity (Wildman–Crippen MR) is 114 cm³/mol. The van der Waals surface area contributed by atoms with E-state index < -0.39 is 0 Å². The average Bonchev–Trinajstić information content (AvgIpc) is 2.66. The molecular weight excluding hydrogens is 399 g/mol. The third-order valence-corrected chi connectivity index (χ3v) is 5.13. The molecule has 0 bridgehead atoms. The number of benzene rings is 1. The molecule has 158 valence electrons. The van der Waals surface area contributed by atoms with E-state index in [0.717, 1.165) is 25.7 Å². The molecule has 0 amide bonds. The highest BCUT2D eigenvalue weighted by Gasteiger charge is 2.08. The van der Waals surface area contributed by atoms with Gasteiger partial charge in [0.2, 0.25) is 0 Å². The Morgan fingerprint density at radius 3 is 2.07 bits per heavy atom. The van der Waals surface area contributed by atoms with Gasteiger partial charge in [-0.25, -0.2) is 0 Å². The van der Waals surface area contributed by atoms with E-state index in [1.807, 2.05) is 0 Å². The van der Waals surface area contributed by atoms with Crippen molar-refractivity contribution >= 4 is 35.1 Å². The van der Waals surface area contributed by atoms with Crippen LogP contribution in [-0.4, -0.2) is 18.5 Å². The van der Waals surface area contributed by atoms with E-state index in [-0.39, 0.29) is 11.9 Å². The van der Waals surface area contributed by atoms with Crippen LogP contribution in [0.25, 0.3) is 0 Å². The minimum absolute atomic E-state index is 0.149. The Bertz CT molecular complexity index is 590. The number of rotatable bonds is 15. The number of unbranched alkanes of at least 4 members (excludes halogenated alkanes) is 8. The van der Waals surface area contributed by atoms with Crippen LogP contribution in [0.2, 0.25) is 10.0 Å². The summed E-state index contributed by atoms with van der Waals surface area (Å²) in [6, 6.07) is 4.71. The lowest BCUT2D eigenvalue weighted by molar-refractivity contribution is -0.143. The van der Waals surface area contributed by atoms with Crippen LogP contribution >= 0.6 is 23.2 Å². The second-order valence-corrected chi connectivity index (χ2v) is 7.77. The Morgan fingerprint density at radius 2 is 1.39 bits per heavy atom. The van der Waals surface area contributed by atoms with E-state index in [4.69, 9.17) is 32.7 Å². The molecule has 0 spiro atoms. The van der Waals surface area contributed by atoms with Gasteiger partial charge in [0.15, 0.2) is 0 Å². The fraction of sp³-hybridized carbons (Fsp3) is 0.636. The number of esters is 2. The first-order valence-electron chi connectivity index (χ1n) is 10.3. The topological polar surface area (TPSA) is 52.6 Å². The van der Waals surface area contributed by atoms with Crippen molar-refractivity contribution in [3.63, 3.8) is 0 Å². The van der Waals surface area contributed by atoms with E-state index >= 15 is 0 Å². The maximum Gasteiger partial charge on any atom is 0.311 e. The molecule has 0 aliphatic heterocycles. The van der Waals surface area contributed by atoms with E-state index in [0.29, 0.717) is 41.7 Å². The molecule has 6 heteroatoms. The van der Waals surface area contributed by atoms with Gasteiger partial charge in [-0.05, 0) is 31.4 Å². The smallest absolute Gasteiger partial charge is 0.311 e. The summed E-state index contributed by atoms with van der Waals surface area (Å²) in [5.41, 5.74) is 0. The van der Waals surface area contributed by atoms with Crippen molar-refractivity contribution in [1.82, 2.24) is 0 Å². The average molecular weight is 431 g/mol. The number of hydrogen-bond acceptors (Lipinski definition) is 4. The quantitative estimate of drug-likeness (QED) is 0.168. The molecule has 1 rings (SSSR count). The first kappa shape index (κ1) is 24.8. The molecule has 28 heavy (non-hydrogen) atoms. The molecule has 4 nitrogen and oxygen atoms in total. The van der Waals surface area contributed by atoms with Crippen LogP contribution < -0.4 is 4.74 Å². The summed E-state index contributed by atoms with van der Waals surface area (Å²) >= 11 is 11.7. The Hall–Kier alpha value is -1.26. The standard InChI is InChI=1S/C22H32Cl2O4/c1-2-3-4-5-6-7-11-16-27-21(25)12-9-8-10-13-22(26)28-18-14-15-19(23)20(24)17-18/h14-15,17H,2-13,16H2,1H3. The lowest BCUT2D eigenvalue weighted by Gasteiger charge is -2.06. The maximum atomic E-state index is 11.8. The van der Waals surface area contributed by atoms with E-state index in [2.05, 4.69) is 6.92 Å². The molecule has 0 N–H and O–H groups in total. The van der Waals surface area contributed by atoms with E-state index in [1.54, 1.807) is 12.1 Å². The molecule has 0 saturated heterocycles. The zero-order chi connectivity index (χ0) is 20.6. The van der Waals surface area contributed by atoms with E-state index in [9.17, 15) is 9.59 Å². The molecule has 1 aromatic rings. The van der Waals surface area contributed by atoms with Gasteiger partial charge < -0.3 is 9.47 Å². The Morgan fingerprint density at radius 1 is 0.786 bits per heavy atom. The zero-order valence-corrected chi connectivity index (χ0v) is 18.3. The number of halogens is 2. The van der Waals surface area contributed by atoms with Crippen molar-refractivity contribution in [2.75, 3.05) is 6.61 Å². The number of carbonyl (C=O) groups is 2. The highest BCUT2D eigenvalue weighted by molar-refractivity contribution is 6.42. The predicted octanol–water partition coefficient (Wildman–Crippen LogP) is 7.14. The normalized spacial score (nSPS) is 10.7. The molecule has 0 radical (unpaired) electrons. The molecule has 0 aliphatic carbocycles. The SMILES string of the molecule is CCCCCCCCCOC(=O)CCCCCC(=O)Oc1ccc(Cl)c(Cl)c1. The largest absolute Gasteiger partial charge is 0.466 e. The summed E-state index contributed by atoms with van der Waals surface area (Å²) in [5, 5.41) is 0.766. The van der Waals surface area contributed by atoms with Crippen LogP contribution in [0.1, 0.15) is 84.0 Å². The van der Waals surface area contributed by atoms with Crippen LogP contribution in [0.4, 0.5) is 0 Å². The highest BCUT2D eigenvalue weighted by Crippen LogP contribution is 2.26. The summed E-state index contributed by atoms with van der Waals surface area (Å²) in [6.45, 7) is 2.73. The minimum atomic E-state index is -0.320. The van der Waals surface area contributed by atoms with Gasteiger partial charge in [-0.2, -0.15) is 0 Å². The van der Waals surface area contributed by atoms with Gasteiger partial charge in [0.1, 0.15) is 5.75 Å². The van der Waals surface area contributed by atoms with E-state index in [1.165, 1.54) is 38.2 Å². The Kier molecular flexibility index (Phi) is 13.8. The summed E-state index contributed by atoms with van der Waals surface area (Å²) in [4.78, 5) is 23.5. The van der Waals surface area contributed by atoms with Crippen molar-refractivity contribution in [2.24, 2.45) is 0 Å². The van der Waals surface area contributed by atoms with Crippen molar-refractivity contribution in [3.8, 4) is 5.75 Å². The molecular formula is C22H32Cl2O4. The molecule has 1 aromatic carbocycles. The molecule has 0 saturated carbocycles. The maximum absolute atomic E-state index is 11.8. The summed E-state index contributed by atoms with van der Waals surface area (Å²) in [7, 11) is 0. The van der Waals surface area contributed by atoms with Gasteiger partial charge in [0.05, 0.1) is 16.7 Å². The number of hydrogen-bond donors (Lipinski definition) is 0. The molecule has 0 aromatic heterocycles. The second kappa shape index (κ2) is 15.6. The Balaban J connectivity index is 1.97. The molecule has 0 unspecified atom stereocenters. The van der Waals surface area contributed by atoms with Gasteiger partial charge in [-0.3, -0.25) is 9.59 Å². The second-order valence-electron chi connectivity index (χ2n) is 6.95. The molecule has 0 atom stereocenters. The van der Waals surface area contributed by atoms with Crippen LogP contribution in [0.3, 0.4) is 0 Å². The van der Waals surface area contributed by atoms with Crippen molar-refractivity contribution in [3.05, 3.63) is 28.2 Å². The first-order chi connectivity index (χ1) is 13.5. The van der Waals surface area contributed by atoms with Gasteiger partial charge in [-0.1, -0.05) is 75.1 Å². The molecule has 0 aliphatic rings. The summed E-state index contributed by atoms with van der Waals surface area (Å²) < 4.78 is 10.5. The zero-order valence-electron chi connectivity index (χ0n) is 16.8. The summed E-state index contributed by atoms with van der Waals surface area (Å²) in [6.07, 6.45) is 11.3. The molecule has 0 fully saturated rings. The van der Waals surface area contributed by atoms with Crippen molar-refractivity contribution in [1.29, 1.82) is 0 Å². The fourth-order valence-corrected chi connectivity index (χ4v) is 3.04. The first-order valence-corrected chi connectivity index (χ1v) is 11.1. The Labute approximate surface area is 178 Å². The summed E-state index contributed by atoms with van der Waals surface area (Å²) in [5.74, 6) is -0.0855. The monoisotopic (exact) mass is 430 g/mol. The fourth-order valence-electron chi connectivity index (χ4n) is 2.76. The van der Waals surface area contributed by atoms with Crippen LogP contribution in [0, 0.1) is 0 Å². The third kappa shape index (κ3) is 12.2. The van der Waals surface area contributed by atoms with Crippen LogP contribution in [-0.2, 0) is 14.3 Å². The van der Waals surface area contributed by atoms with Gasteiger partial charge in [0, 0.05) is 18.9 Å². The van der Waals surface area contributed by atoms with Crippen molar-refractivity contribution < 1.29 is 19.1 Å². The minimum Gasteiger partial charge on any atom is -0.466 e. The number of carbonyl (C=O) groups excluding carboxylic acids is 2. The third-order valence-electron chi connectivity index (χ3n) is 4.40. The van der Waals surface area contributed by atoms with Gasteiger partial charge >= 0.3 is 11.9 Å². The van der Waals surface area contributed by atoms with Gasteiger partial charge in [-0.15, -0.1) is 0 Å². The highest BCUT2D eigenvalue weighted by atomic mass is 35.5. The lowest BCUT2D eigenvalue weighted by Crippen LogP contribution is -2.08. The van der Waals surface area contributed by atoms with Crippen LogP contribution in [0.15, 0.2) is 18.2 Å².